The van der Waals surface area contributed by atoms with Gasteiger partial charge in [-0.15, -0.1) is 0 Å². The van der Waals surface area contributed by atoms with Crippen molar-refractivity contribution < 1.29 is 4.74 Å². The van der Waals surface area contributed by atoms with Crippen LogP contribution in [0.25, 0.3) is 0 Å². The molecule has 0 unspecified atom stereocenters. The van der Waals surface area contributed by atoms with Gasteiger partial charge in [0.25, 0.3) is 0 Å². The molecule has 0 bridgehead atoms. The molecule has 4 nitrogen and oxygen atoms in total. The number of ether oxygens (including phenoxy) is 1. The molecule has 2 aliphatic heterocycles. The zero-order chi connectivity index (χ0) is 16.9. The normalized spacial score (nSPS) is 22.8. The SMILES string of the molecule is c1ccc(C2CCN(Cc3ccnc([C@H]4CCCOC4)n3)CC2)cc1. The minimum atomic E-state index is 0.373. The van der Waals surface area contributed by atoms with Crippen LogP contribution in [0.3, 0.4) is 0 Å². The molecule has 4 rings (SSSR count). The van der Waals surface area contributed by atoms with Gasteiger partial charge in [0.2, 0.25) is 0 Å². The van der Waals surface area contributed by atoms with Crippen LogP contribution in [0.1, 0.15) is 54.6 Å². The average Bonchev–Trinajstić information content (AvgIpc) is 2.70. The molecule has 0 spiro atoms. The lowest BCUT2D eigenvalue weighted by Gasteiger charge is -2.32. The Kier molecular flexibility index (Phi) is 5.38. The van der Waals surface area contributed by atoms with Crippen molar-refractivity contribution in [3.05, 3.63) is 59.7 Å². The predicted molar refractivity (Wildman–Crippen MR) is 98.5 cm³/mol. The fourth-order valence-electron chi connectivity index (χ4n) is 4.02. The maximum atomic E-state index is 5.59. The van der Waals surface area contributed by atoms with Gasteiger partial charge in [-0.3, -0.25) is 4.90 Å². The first-order valence-electron chi connectivity index (χ1n) is 9.55. The molecular formula is C21H27N3O. The molecule has 1 aromatic heterocycles. The second-order valence-electron chi connectivity index (χ2n) is 7.28. The van der Waals surface area contributed by atoms with Gasteiger partial charge in [0.05, 0.1) is 12.3 Å². The highest BCUT2D eigenvalue weighted by Crippen LogP contribution is 2.28. The summed E-state index contributed by atoms with van der Waals surface area (Å²) in [5, 5.41) is 0. The second-order valence-corrected chi connectivity index (χ2v) is 7.28. The van der Waals surface area contributed by atoms with E-state index in [1.807, 2.05) is 6.20 Å². The molecule has 25 heavy (non-hydrogen) atoms. The smallest absolute Gasteiger partial charge is 0.133 e. The standard InChI is InChI=1S/C21H27N3O/c1-2-5-17(6-3-1)18-9-12-24(13-10-18)15-20-8-11-22-21(23-20)19-7-4-14-25-16-19/h1-3,5-6,8,11,18-19H,4,7,9-10,12-16H2/t19-/m0/s1. The van der Waals surface area contributed by atoms with E-state index < -0.39 is 0 Å². The zero-order valence-corrected chi connectivity index (χ0v) is 14.8. The van der Waals surface area contributed by atoms with Crippen molar-refractivity contribution in [2.75, 3.05) is 26.3 Å². The summed E-state index contributed by atoms with van der Waals surface area (Å²) >= 11 is 0. The highest BCUT2D eigenvalue weighted by atomic mass is 16.5. The Morgan fingerprint density at radius 1 is 1.00 bits per heavy atom. The van der Waals surface area contributed by atoms with Crippen molar-refractivity contribution in [1.29, 1.82) is 0 Å². The first-order chi connectivity index (χ1) is 12.4. The molecule has 2 saturated heterocycles. The molecule has 0 aliphatic carbocycles. The number of hydrogen-bond acceptors (Lipinski definition) is 4. The van der Waals surface area contributed by atoms with Crippen LogP contribution in [0.2, 0.25) is 0 Å². The van der Waals surface area contributed by atoms with Crippen molar-refractivity contribution in [3.8, 4) is 0 Å². The van der Waals surface area contributed by atoms with Gasteiger partial charge in [0.15, 0.2) is 0 Å². The largest absolute Gasteiger partial charge is 0.381 e. The number of hydrogen-bond donors (Lipinski definition) is 0. The summed E-state index contributed by atoms with van der Waals surface area (Å²) in [6.45, 7) is 4.87. The summed E-state index contributed by atoms with van der Waals surface area (Å²) in [5.41, 5.74) is 2.64. The second kappa shape index (κ2) is 8.07. The van der Waals surface area contributed by atoms with Crippen LogP contribution < -0.4 is 0 Å². The molecule has 132 valence electrons. The van der Waals surface area contributed by atoms with Gasteiger partial charge in [-0.25, -0.2) is 9.97 Å². The Labute approximate surface area is 150 Å². The number of likely N-dealkylation sites (tertiary alicyclic amines) is 1. The third-order valence-corrected chi connectivity index (χ3v) is 5.50. The average molecular weight is 337 g/mol. The summed E-state index contributed by atoms with van der Waals surface area (Å²) in [5.74, 6) is 2.05. The molecule has 4 heteroatoms. The molecule has 0 N–H and O–H groups in total. The molecule has 1 atom stereocenters. The lowest BCUT2D eigenvalue weighted by Crippen LogP contribution is -2.33. The first-order valence-corrected chi connectivity index (χ1v) is 9.55. The Balaban J connectivity index is 1.34. The third-order valence-electron chi connectivity index (χ3n) is 5.50. The number of benzene rings is 1. The van der Waals surface area contributed by atoms with E-state index in [1.165, 1.54) is 18.4 Å². The molecule has 2 aromatic rings. The Hall–Kier alpha value is -1.78. The van der Waals surface area contributed by atoms with E-state index in [-0.39, 0.29) is 0 Å². The summed E-state index contributed by atoms with van der Waals surface area (Å²) in [4.78, 5) is 11.9. The number of rotatable bonds is 4. The lowest BCUT2D eigenvalue weighted by atomic mass is 9.89. The van der Waals surface area contributed by atoms with Crippen molar-refractivity contribution in [2.24, 2.45) is 0 Å². The minimum Gasteiger partial charge on any atom is -0.381 e. The third kappa shape index (κ3) is 4.25. The molecular weight excluding hydrogens is 310 g/mol. The van der Waals surface area contributed by atoms with Crippen LogP contribution in [0.4, 0.5) is 0 Å². The van der Waals surface area contributed by atoms with E-state index in [0.29, 0.717) is 11.8 Å². The topological polar surface area (TPSA) is 38.2 Å². The van der Waals surface area contributed by atoms with E-state index in [1.54, 1.807) is 0 Å². The summed E-state index contributed by atoms with van der Waals surface area (Å²) in [7, 11) is 0. The van der Waals surface area contributed by atoms with Crippen LogP contribution in [-0.2, 0) is 11.3 Å². The van der Waals surface area contributed by atoms with Gasteiger partial charge >= 0.3 is 0 Å². The van der Waals surface area contributed by atoms with Crippen LogP contribution in [0.15, 0.2) is 42.6 Å². The predicted octanol–water partition coefficient (Wildman–Crippen LogP) is 3.75. The molecule has 2 aliphatic rings. The first kappa shape index (κ1) is 16.7. The lowest BCUT2D eigenvalue weighted by molar-refractivity contribution is 0.0779. The van der Waals surface area contributed by atoms with Gasteiger partial charge in [-0.1, -0.05) is 30.3 Å². The van der Waals surface area contributed by atoms with Gasteiger partial charge in [0, 0.05) is 25.3 Å². The van der Waals surface area contributed by atoms with Crippen LogP contribution >= 0.6 is 0 Å². The van der Waals surface area contributed by atoms with Crippen LogP contribution in [0.5, 0.6) is 0 Å². The molecule has 1 aromatic carbocycles. The summed E-state index contributed by atoms with van der Waals surface area (Å²) < 4.78 is 5.59. The summed E-state index contributed by atoms with van der Waals surface area (Å²) in [6, 6.07) is 13.0. The van der Waals surface area contributed by atoms with Crippen molar-refractivity contribution in [3.63, 3.8) is 0 Å². The van der Waals surface area contributed by atoms with E-state index in [0.717, 1.165) is 57.2 Å². The Morgan fingerprint density at radius 3 is 2.60 bits per heavy atom. The molecule has 2 fully saturated rings. The monoisotopic (exact) mass is 337 g/mol. The molecule has 3 heterocycles. The van der Waals surface area contributed by atoms with E-state index in [9.17, 15) is 0 Å². The summed E-state index contributed by atoms with van der Waals surface area (Å²) in [6.07, 6.45) is 6.65. The van der Waals surface area contributed by atoms with Crippen LogP contribution in [-0.4, -0.2) is 41.2 Å². The molecule has 0 saturated carbocycles. The van der Waals surface area contributed by atoms with Gasteiger partial charge in [-0.2, -0.15) is 0 Å². The highest BCUT2D eigenvalue weighted by Gasteiger charge is 2.22. The molecule has 0 radical (unpaired) electrons. The van der Waals surface area contributed by atoms with Gasteiger partial charge < -0.3 is 4.74 Å². The zero-order valence-electron chi connectivity index (χ0n) is 14.8. The number of piperidine rings is 1. The number of nitrogens with zero attached hydrogens (tertiary/aromatic N) is 3. The van der Waals surface area contributed by atoms with Crippen molar-refractivity contribution >= 4 is 0 Å². The van der Waals surface area contributed by atoms with Crippen molar-refractivity contribution in [2.45, 2.75) is 44.1 Å². The van der Waals surface area contributed by atoms with Gasteiger partial charge in [0.1, 0.15) is 5.82 Å². The van der Waals surface area contributed by atoms with E-state index in [2.05, 4.69) is 46.3 Å². The maximum absolute atomic E-state index is 5.59. The van der Waals surface area contributed by atoms with E-state index in [4.69, 9.17) is 9.72 Å². The number of aromatic nitrogens is 2. The van der Waals surface area contributed by atoms with Gasteiger partial charge in [-0.05, 0) is 56.3 Å². The fraction of sp³-hybridized carbons (Fsp3) is 0.524. The Bertz CT molecular complexity index is 662. The maximum Gasteiger partial charge on any atom is 0.133 e. The quantitative estimate of drug-likeness (QED) is 0.852. The highest BCUT2D eigenvalue weighted by molar-refractivity contribution is 5.20. The van der Waals surface area contributed by atoms with Crippen molar-refractivity contribution in [1.82, 2.24) is 14.9 Å². The molecule has 0 amide bonds. The fourth-order valence-corrected chi connectivity index (χ4v) is 4.02. The Morgan fingerprint density at radius 2 is 1.84 bits per heavy atom. The van der Waals surface area contributed by atoms with Crippen LogP contribution in [0, 0.1) is 0 Å². The minimum absolute atomic E-state index is 0.373. The van der Waals surface area contributed by atoms with E-state index >= 15 is 0 Å².